The molecule has 11 rings (SSSR count). The standard InChI is InChI=1S/C62H77BN2/c1-16-17-18-19-38-20-23-51-41(30-38)42-32-40(37(2)3)54-43-33-46-48(61(12,13)28-26-59(46,8)9)35-52(43)64-53-36-49-47(60(10,11)27-29-62(49,14)15)34-50(53)63(55(42)56(54)64)65(51)39-21-22-44-45(31-39)58(6,7)25-24-57(44,4)5/h20-23,30-37H,16-19,24-29H2,1-15H3. The Morgan fingerprint density at radius 3 is 1.69 bits per heavy atom. The van der Waals surface area contributed by atoms with E-state index in [0.717, 1.165) is 6.42 Å². The van der Waals surface area contributed by atoms with Crippen molar-refractivity contribution in [1.82, 2.24) is 4.57 Å². The lowest BCUT2D eigenvalue weighted by atomic mass is 9.43. The molecule has 0 saturated heterocycles. The fraction of sp³-hybridized carbons (Fsp3) is 0.516. The minimum absolute atomic E-state index is 0.0189. The number of rotatable bonds is 6. The van der Waals surface area contributed by atoms with Gasteiger partial charge < -0.3 is 9.38 Å². The van der Waals surface area contributed by atoms with Crippen molar-refractivity contribution in [3.63, 3.8) is 0 Å². The highest BCUT2D eigenvalue weighted by molar-refractivity contribution is 6.93. The molecule has 3 heteroatoms. The molecule has 3 heterocycles. The van der Waals surface area contributed by atoms with Crippen molar-refractivity contribution < 1.29 is 0 Å². The first kappa shape index (κ1) is 43.3. The molecule has 338 valence electrons. The molecule has 0 saturated carbocycles. The summed E-state index contributed by atoms with van der Waals surface area (Å²) in [5.74, 6) is 0.364. The van der Waals surface area contributed by atoms with E-state index in [-0.39, 0.29) is 39.3 Å². The molecule has 0 radical (unpaired) electrons. The average molecular weight is 861 g/mol. The van der Waals surface area contributed by atoms with Crippen LogP contribution in [0.4, 0.5) is 11.4 Å². The molecule has 0 spiro atoms. The first-order valence-electron chi connectivity index (χ1n) is 25.9. The second-order valence-corrected chi connectivity index (χ2v) is 26.1. The number of nitrogens with zero attached hydrogens (tertiary/aromatic N) is 2. The molecule has 0 atom stereocenters. The van der Waals surface area contributed by atoms with Crippen LogP contribution in [0.5, 0.6) is 0 Å². The van der Waals surface area contributed by atoms with E-state index in [1.165, 1.54) is 141 Å². The molecule has 3 aliphatic carbocycles. The maximum Gasteiger partial charge on any atom is 0.333 e. The normalized spacial score (nSPS) is 20.9. The fourth-order valence-corrected chi connectivity index (χ4v) is 13.9. The van der Waals surface area contributed by atoms with Crippen LogP contribution >= 0.6 is 0 Å². The quantitative estimate of drug-likeness (QED) is 0.120. The van der Waals surface area contributed by atoms with Gasteiger partial charge in [-0.2, -0.15) is 0 Å². The highest BCUT2D eigenvalue weighted by Gasteiger charge is 2.49. The molecule has 2 aliphatic heterocycles. The molecule has 0 bridgehead atoms. The molecule has 65 heavy (non-hydrogen) atoms. The molecular formula is C62H77BN2. The largest absolute Gasteiger partial charge is 0.376 e. The van der Waals surface area contributed by atoms with E-state index in [9.17, 15) is 0 Å². The van der Waals surface area contributed by atoms with Gasteiger partial charge in [0, 0.05) is 33.4 Å². The van der Waals surface area contributed by atoms with Crippen LogP contribution in [0.25, 0.3) is 38.6 Å². The molecular weight excluding hydrogens is 784 g/mol. The van der Waals surface area contributed by atoms with E-state index in [4.69, 9.17) is 0 Å². The Kier molecular flexibility index (Phi) is 9.28. The van der Waals surface area contributed by atoms with E-state index < -0.39 is 0 Å². The molecule has 5 aromatic carbocycles. The van der Waals surface area contributed by atoms with Crippen LogP contribution in [0.3, 0.4) is 0 Å². The number of benzene rings is 5. The number of hydrogen-bond donors (Lipinski definition) is 0. The summed E-state index contributed by atoms with van der Waals surface area (Å²) < 4.78 is 2.82. The predicted molar refractivity (Wildman–Crippen MR) is 283 cm³/mol. The van der Waals surface area contributed by atoms with E-state index in [1.807, 2.05) is 0 Å². The third kappa shape index (κ3) is 6.17. The average Bonchev–Trinajstić information content (AvgIpc) is 3.59. The summed E-state index contributed by atoms with van der Waals surface area (Å²) in [6.07, 6.45) is 12.1. The van der Waals surface area contributed by atoms with Crippen LogP contribution in [0.1, 0.15) is 212 Å². The summed E-state index contributed by atoms with van der Waals surface area (Å²) in [6.45, 7) is 37.3. The Morgan fingerprint density at radius 2 is 1.09 bits per heavy atom. The van der Waals surface area contributed by atoms with Gasteiger partial charge in [-0.25, -0.2) is 0 Å². The molecule has 5 aliphatic rings. The lowest BCUT2D eigenvalue weighted by molar-refractivity contribution is 0.332. The molecule has 0 N–H and O–H groups in total. The Balaban J connectivity index is 1.33. The predicted octanol–water partition coefficient (Wildman–Crippen LogP) is 15.9. The number of aryl methyl sites for hydroxylation is 1. The van der Waals surface area contributed by atoms with Gasteiger partial charge in [-0.15, -0.1) is 0 Å². The van der Waals surface area contributed by atoms with Crippen LogP contribution in [-0.4, -0.2) is 11.4 Å². The SMILES string of the molecule is CCCCCc1ccc2c(c1)-c1cc(C(C)C)c3c4cc5c(cc4n4c3c1B(c1cc3c(cc1-4)C(C)(C)CCC3(C)C)N2c1ccc2c(c1)C(C)(C)CCC2(C)C)C(C)(C)CCC5(C)C. The molecule has 6 aromatic rings. The van der Waals surface area contributed by atoms with Gasteiger partial charge in [-0.1, -0.05) is 141 Å². The Bertz CT molecular complexity index is 3000. The Hall–Kier alpha value is -4.24. The Morgan fingerprint density at radius 1 is 0.538 bits per heavy atom. The molecule has 2 nitrogen and oxygen atoms in total. The van der Waals surface area contributed by atoms with Crippen molar-refractivity contribution >= 4 is 51.0 Å². The summed E-state index contributed by atoms with van der Waals surface area (Å²) in [5.41, 5.74) is 25.6. The third-order valence-electron chi connectivity index (χ3n) is 18.6. The summed E-state index contributed by atoms with van der Waals surface area (Å²) in [4.78, 5) is 2.84. The van der Waals surface area contributed by atoms with Crippen LogP contribution in [0, 0.1) is 0 Å². The van der Waals surface area contributed by atoms with Gasteiger partial charge in [0.1, 0.15) is 0 Å². The molecule has 0 fully saturated rings. The zero-order valence-electron chi connectivity index (χ0n) is 43.0. The van der Waals surface area contributed by atoms with Crippen LogP contribution in [-0.2, 0) is 38.9 Å². The van der Waals surface area contributed by atoms with Gasteiger partial charge in [0.2, 0.25) is 0 Å². The monoisotopic (exact) mass is 861 g/mol. The first-order chi connectivity index (χ1) is 30.5. The van der Waals surface area contributed by atoms with Crippen molar-refractivity contribution in [2.75, 3.05) is 4.81 Å². The van der Waals surface area contributed by atoms with E-state index in [0.29, 0.717) is 5.92 Å². The Labute approximate surface area is 393 Å². The minimum atomic E-state index is 0.0189. The van der Waals surface area contributed by atoms with Gasteiger partial charge in [0.05, 0.1) is 11.0 Å². The number of unbranched alkanes of at least 4 members (excludes halogenated alkanes) is 2. The minimum Gasteiger partial charge on any atom is -0.376 e. The number of fused-ring (bicyclic) bond motifs is 11. The maximum atomic E-state index is 2.84. The van der Waals surface area contributed by atoms with Gasteiger partial charge in [-0.3, -0.25) is 0 Å². The summed E-state index contributed by atoms with van der Waals surface area (Å²) in [6, 6.07) is 28.8. The fourth-order valence-electron chi connectivity index (χ4n) is 13.9. The van der Waals surface area contributed by atoms with Crippen LogP contribution < -0.4 is 15.7 Å². The summed E-state index contributed by atoms with van der Waals surface area (Å²) in [5, 5.41) is 2.93. The topological polar surface area (TPSA) is 8.17 Å². The summed E-state index contributed by atoms with van der Waals surface area (Å²) in [7, 11) is 0. The summed E-state index contributed by atoms with van der Waals surface area (Å²) >= 11 is 0. The highest BCUT2D eigenvalue weighted by atomic mass is 15.1. The van der Waals surface area contributed by atoms with Crippen LogP contribution in [0.15, 0.2) is 66.7 Å². The van der Waals surface area contributed by atoms with Crippen molar-refractivity contribution in [3.8, 4) is 16.8 Å². The van der Waals surface area contributed by atoms with Crippen molar-refractivity contribution in [1.29, 1.82) is 0 Å². The zero-order valence-corrected chi connectivity index (χ0v) is 43.0. The lowest BCUT2D eigenvalue weighted by Gasteiger charge is -2.47. The van der Waals surface area contributed by atoms with E-state index >= 15 is 0 Å². The van der Waals surface area contributed by atoms with Crippen molar-refractivity contribution in [2.24, 2.45) is 0 Å². The maximum absolute atomic E-state index is 2.84. The molecule has 1 aromatic heterocycles. The smallest absolute Gasteiger partial charge is 0.333 e. The third-order valence-corrected chi connectivity index (χ3v) is 18.6. The van der Waals surface area contributed by atoms with Gasteiger partial charge in [0.25, 0.3) is 0 Å². The van der Waals surface area contributed by atoms with Gasteiger partial charge in [-0.05, 0) is 193 Å². The molecule has 0 amide bonds. The number of anilines is 2. The zero-order chi connectivity index (χ0) is 46.1. The first-order valence-corrected chi connectivity index (χ1v) is 25.9. The van der Waals surface area contributed by atoms with E-state index in [1.54, 1.807) is 22.3 Å². The molecule has 0 unspecified atom stereocenters. The lowest BCUT2D eigenvalue weighted by Crippen LogP contribution is -2.61. The highest BCUT2D eigenvalue weighted by Crippen LogP contribution is 2.54. The van der Waals surface area contributed by atoms with Gasteiger partial charge >= 0.3 is 6.85 Å². The van der Waals surface area contributed by atoms with Crippen molar-refractivity contribution in [2.45, 2.75) is 206 Å². The van der Waals surface area contributed by atoms with E-state index in [2.05, 4.69) is 180 Å². The number of hydrogen-bond acceptors (Lipinski definition) is 1. The van der Waals surface area contributed by atoms with Crippen LogP contribution in [0.2, 0.25) is 0 Å². The van der Waals surface area contributed by atoms with Crippen molar-refractivity contribution in [3.05, 3.63) is 111 Å². The second kappa shape index (κ2) is 13.9. The van der Waals surface area contributed by atoms with Gasteiger partial charge in [0.15, 0.2) is 0 Å². The number of aromatic nitrogens is 1. The second-order valence-electron chi connectivity index (χ2n) is 26.1.